The molecule has 33 heavy (non-hydrogen) atoms. The number of nitrogens with two attached hydrogens (primary N) is 1. The number of phenols is 1. The van der Waals surface area contributed by atoms with Crippen LogP contribution in [0.5, 0.6) is 5.75 Å². The number of carbonyl (C=O) groups excluding carboxylic acids is 3. The van der Waals surface area contributed by atoms with Gasteiger partial charge in [0.05, 0.1) is 11.6 Å². The molecule has 1 aromatic carbocycles. The molecule has 0 radical (unpaired) electrons. The number of rotatable bonds is 3. The highest BCUT2D eigenvalue weighted by Gasteiger charge is 2.73. The molecule has 1 spiro atoms. The molecule has 8 heteroatoms. The number of aliphatic hydroxyl groups is 1. The molecule has 2 unspecified atom stereocenters. The summed E-state index contributed by atoms with van der Waals surface area (Å²) in [6.45, 7) is 0. The Balaban J connectivity index is 1.54. The van der Waals surface area contributed by atoms with Crippen molar-refractivity contribution in [3.63, 3.8) is 0 Å². The van der Waals surface area contributed by atoms with Crippen LogP contribution in [0.15, 0.2) is 34.8 Å². The lowest BCUT2D eigenvalue weighted by Crippen LogP contribution is -2.56. The highest BCUT2D eigenvalue weighted by atomic mass is 16.6. The number of primary amides is 1. The number of carbonyl (C=O) groups is 3. The minimum absolute atomic E-state index is 0.0518. The van der Waals surface area contributed by atoms with Gasteiger partial charge in [0.15, 0.2) is 23.1 Å². The van der Waals surface area contributed by atoms with E-state index in [1.54, 1.807) is 25.1 Å². The second-order valence-corrected chi connectivity index (χ2v) is 10.2. The lowest BCUT2D eigenvalue weighted by molar-refractivity contribution is -0.128. The van der Waals surface area contributed by atoms with Gasteiger partial charge in [0.2, 0.25) is 5.60 Å². The number of allylic oxidation sites excluding steroid dienone is 1. The number of phenolic OH excluding ortho intramolecular Hbond substituents is 1. The fraction of sp³-hybridized carbons (Fsp3) is 0.480. The molecule has 172 valence electrons. The number of aliphatic hydroxyl groups excluding tert-OH is 1. The van der Waals surface area contributed by atoms with E-state index in [9.17, 15) is 24.6 Å². The summed E-state index contributed by atoms with van der Waals surface area (Å²) in [5.41, 5.74) is 6.38. The molecule has 5 aliphatic rings. The summed E-state index contributed by atoms with van der Waals surface area (Å²) in [6, 6.07) is 2.81. The summed E-state index contributed by atoms with van der Waals surface area (Å²) < 4.78 is 5.98. The van der Waals surface area contributed by atoms with E-state index >= 15 is 0 Å². The Hall–Kier alpha value is -3.13. The van der Waals surface area contributed by atoms with Gasteiger partial charge in [-0.05, 0) is 68.8 Å². The predicted octanol–water partition coefficient (Wildman–Crippen LogP) is 1.87. The molecule has 1 saturated carbocycles. The number of epoxide rings is 1. The summed E-state index contributed by atoms with van der Waals surface area (Å²) >= 11 is 0. The minimum Gasteiger partial charge on any atom is -0.507 e. The summed E-state index contributed by atoms with van der Waals surface area (Å²) in [7, 11) is 3.49. The fourth-order valence-corrected chi connectivity index (χ4v) is 6.64. The van der Waals surface area contributed by atoms with Crippen molar-refractivity contribution in [2.24, 2.45) is 17.6 Å². The van der Waals surface area contributed by atoms with Crippen LogP contribution in [0, 0.1) is 11.8 Å². The lowest BCUT2D eigenvalue weighted by atomic mass is 9.61. The first kappa shape index (κ1) is 20.5. The van der Waals surface area contributed by atoms with Crippen LogP contribution in [-0.4, -0.2) is 58.3 Å². The molecular formula is C25H26N2O6. The van der Waals surface area contributed by atoms with Crippen LogP contribution in [0.3, 0.4) is 0 Å². The summed E-state index contributed by atoms with van der Waals surface area (Å²) in [6.07, 6.45) is 4.31. The van der Waals surface area contributed by atoms with E-state index in [4.69, 9.17) is 10.5 Å². The molecule has 1 aromatic rings. The Morgan fingerprint density at radius 2 is 1.91 bits per heavy atom. The van der Waals surface area contributed by atoms with E-state index in [1.807, 2.05) is 6.07 Å². The largest absolute Gasteiger partial charge is 0.507 e. The summed E-state index contributed by atoms with van der Waals surface area (Å²) in [4.78, 5) is 40.6. The number of nitrogens with zero attached hydrogens (tertiary/aromatic N) is 1. The molecule has 1 aliphatic heterocycles. The van der Waals surface area contributed by atoms with E-state index in [2.05, 4.69) is 0 Å². The van der Waals surface area contributed by atoms with E-state index < -0.39 is 40.6 Å². The van der Waals surface area contributed by atoms with Gasteiger partial charge < -0.3 is 20.7 Å². The summed E-state index contributed by atoms with van der Waals surface area (Å²) in [5, 5.41) is 21.6. The van der Waals surface area contributed by atoms with Crippen LogP contribution in [-0.2, 0) is 20.7 Å². The Bertz CT molecular complexity index is 1220. The highest BCUT2D eigenvalue weighted by molar-refractivity contribution is 6.22. The van der Waals surface area contributed by atoms with E-state index in [-0.39, 0.29) is 17.5 Å². The molecule has 8 nitrogen and oxygen atoms in total. The number of Topliss-reactive ketones (excluding diaryl/α,β-unsaturated/α-hetero) is 2. The van der Waals surface area contributed by atoms with Crippen LogP contribution >= 0.6 is 0 Å². The monoisotopic (exact) mass is 450 g/mol. The zero-order valence-electron chi connectivity index (χ0n) is 18.6. The molecular weight excluding hydrogens is 424 g/mol. The van der Waals surface area contributed by atoms with Crippen molar-refractivity contribution in [3.8, 4) is 5.75 Å². The van der Waals surface area contributed by atoms with Gasteiger partial charge in [-0.15, -0.1) is 0 Å². The molecule has 0 aromatic heterocycles. The average molecular weight is 450 g/mol. The van der Waals surface area contributed by atoms with Crippen LogP contribution in [0.1, 0.15) is 53.1 Å². The van der Waals surface area contributed by atoms with Gasteiger partial charge in [-0.25, -0.2) is 0 Å². The van der Waals surface area contributed by atoms with Crippen molar-refractivity contribution in [2.75, 3.05) is 14.1 Å². The van der Waals surface area contributed by atoms with Gasteiger partial charge >= 0.3 is 0 Å². The van der Waals surface area contributed by atoms with Crippen molar-refractivity contribution in [1.29, 1.82) is 0 Å². The zero-order chi connectivity index (χ0) is 23.4. The molecule has 2 fully saturated rings. The van der Waals surface area contributed by atoms with Gasteiger partial charge in [0, 0.05) is 11.5 Å². The Morgan fingerprint density at radius 1 is 1.18 bits per heavy atom. The normalized spacial score (nSPS) is 32.5. The average Bonchev–Trinajstić information content (AvgIpc) is 3.44. The van der Waals surface area contributed by atoms with Gasteiger partial charge in [-0.1, -0.05) is 12.5 Å². The first-order valence-electron chi connectivity index (χ1n) is 11.5. The standard InChI is InChI=1S/C25H26N2O6/c1-27(2)19-14-9-11-8-13-12(10-4-3-5-10)6-7-15(28)17(13)20(29)16(11)23-25(14,33-23)22(31)18(21(19)30)24(26)32/h6-7,10-11,14,19,28,31H,3-5,8-9H2,1-2H3,(H2,26,32)/t11?,14-,19?,25+/m0/s1. The first-order chi connectivity index (χ1) is 15.7. The topological polar surface area (TPSA) is 133 Å². The van der Waals surface area contributed by atoms with Gasteiger partial charge in [-0.3, -0.25) is 19.3 Å². The number of amides is 1. The third-order valence-electron chi connectivity index (χ3n) is 8.35. The third-order valence-corrected chi connectivity index (χ3v) is 8.35. The van der Waals surface area contributed by atoms with Crippen molar-refractivity contribution >= 4 is 17.5 Å². The Morgan fingerprint density at radius 3 is 2.52 bits per heavy atom. The van der Waals surface area contributed by atoms with Crippen molar-refractivity contribution in [3.05, 3.63) is 51.5 Å². The second kappa shape index (κ2) is 6.47. The van der Waals surface area contributed by atoms with Gasteiger partial charge in [0.25, 0.3) is 5.91 Å². The second-order valence-electron chi connectivity index (χ2n) is 10.2. The number of aromatic hydroxyl groups is 1. The Kier molecular flexibility index (Phi) is 4.01. The summed E-state index contributed by atoms with van der Waals surface area (Å²) in [5.74, 6) is -2.31. The number of ether oxygens (including phenoxy) is 1. The van der Waals surface area contributed by atoms with E-state index in [1.165, 1.54) is 0 Å². The zero-order valence-corrected chi connectivity index (χ0v) is 18.6. The molecule has 1 amide bonds. The van der Waals surface area contributed by atoms with Crippen LogP contribution in [0.2, 0.25) is 0 Å². The fourth-order valence-electron chi connectivity index (χ4n) is 6.64. The molecule has 4 N–H and O–H groups in total. The number of hydrogen-bond donors (Lipinski definition) is 3. The number of benzene rings is 1. The molecule has 4 atom stereocenters. The van der Waals surface area contributed by atoms with Crippen molar-refractivity contribution in [2.45, 2.75) is 49.7 Å². The van der Waals surface area contributed by atoms with Gasteiger partial charge in [-0.2, -0.15) is 0 Å². The smallest absolute Gasteiger partial charge is 0.255 e. The highest BCUT2D eigenvalue weighted by Crippen LogP contribution is 2.65. The quantitative estimate of drug-likeness (QED) is 0.473. The maximum atomic E-state index is 13.7. The lowest BCUT2D eigenvalue weighted by Gasteiger charge is -2.42. The molecule has 1 heterocycles. The Labute approximate surface area is 190 Å². The van der Waals surface area contributed by atoms with Crippen LogP contribution in [0.4, 0.5) is 0 Å². The van der Waals surface area contributed by atoms with Crippen LogP contribution < -0.4 is 5.73 Å². The SMILES string of the molecule is CN(C)C1C(=O)C(C(N)=O)=C(O)[C@@]23OC2=C2C(=O)c4c(O)ccc(C5CCC5)c4CC2C[C@@H]13. The molecule has 1 saturated heterocycles. The molecule has 6 rings (SSSR count). The number of fused-ring (bicyclic) bond motifs is 2. The predicted molar refractivity (Wildman–Crippen MR) is 117 cm³/mol. The maximum absolute atomic E-state index is 13.7. The third kappa shape index (κ3) is 2.42. The maximum Gasteiger partial charge on any atom is 0.255 e. The molecule has 0 bridgehead atoms. The first-order valence-corrected chi connectivity index (χ1v) is 11.5. The van der Waals surface area contributed by atoms with Crippen molar-refractivity contribution < 1.29 is 29.3 Å². The minimum atomic E-state index is -1.38. The number of hydrogen-bond acceptors (Lipinski definition) is 7. The van der Waals surface area contributed by atoms with Gasteiger partial charge in [0.1, 0.15) is 11.3 Å². The number of likely N-dealkylation sites (N-methyl/N-ethyl adjacent to an activating group) is 1. The molecule has 4 aliphatic carbocycles. The number of ketones is 2. The van der Waals surface area contributed by atoms with Crippen LogP contribution in [0.25, 0.3) is 0 Å². The van der Waals surface area contributed by atoms with E-state index in [0.717, 1.165) is 30.4 Å². The van der Waals surface area contributed by atoms with Crippen molar-refractivity contribution in [1.82, 2.24) is 4.90 Å². The van der Waals surface area contributed by atoms with E-state index in [0.29, 0.717) is 35.7 Å².